The number of hydrogen-bond donors (Lipinski definition) is 1. The molecule has 5 nitrogen and oxygen atoms in total. The second kappa shape index (κ2) is 4.61. The fourth-order valence-electron chi connectivity index (χ4n) is 1.72. The van der Waals surface area contributed by atoms with Gasteiger partial charge in [0.2, 0.25) is 0 Å². The summed E-state index contributed by atoms with van der Waals surface area (Å²) in [7, 11) is 1.94. The summed E-state index contributed by atoms with van der Waals surface area (Å²) in [6, 6.07) is 2.44. The third-order valence-electron chi connectivity index (χ3n) is 2.66. The first-order chi connectivity index (χ1) is 8.06. The van der Waals surface area contributed by atoms with E-state index >= 15 is 0 Å². The molecule has 0 fully saturated rings. The van der Waals surface area contributed by atoms with Gasteiger partial charge >= 0.3 is 0 Å². The molecule has 0 aliphatic carbocycles. The topological polar surface area (TPSA) is 47.7 Å². The van der Waals surface area contributed by atoms with Crippen LogP contribution in [0.4, 0.5) is 5.82 Å². The highest BCUT2D eigenvalue weighted by atomic mass is 15.3. The van der Waals surface area contributed by atoms with E-state index < -0.39 is 0 Å². The summed E-state index contributed by atoms with van der Waals surface area (Å²) in [5.41, 5.74) is 2.20. The van der Waals surface area contributed by atoms with Crippen LogP contribution in [0.25, 0.3) is 0 Å². The minimum atomic E-state index is 0.405. The first kappa shape index (κ1) is 11.7. The van der Waals surface area contributed by atoms with Crippen molar-refractivity contribution in [2.75, 3.05) is 5.32 Å². The van der Waals surface area contributed by atoms with E-state index in [1.54, 1.807) is 0 Å². The number of hydrogen-bond acceptors (Lipinski definition) is 3. The van der Waals surface area contributed by atoms with Crippen LogP contribution in [0.1, 0.15) is 31.1 Å². The summed E-state index contributed by atoms with van der Waals surface area (Å²) in [5.74, 6) is 1.03. The Morgan fingerprint density at radius 2 is 2.18 bits per heavy atom. The lowest BCUT2D eigenvalue weighted by atomic mass is 10.3. The van der Waals surface area contributed by atoms with Crippen molar-refractivity contribution < 1.29 is 0 Å². The highest BCUT2D eigenvalue weighted by Gasteiger charge is 2.04. The first-order valence-electron chi connectivity index (χ1n) is 5.84. The van der Waals surface area contributed by atoms with Crippen LogP contribution < -0.4 is 5.32 Å². The van der Waals surface area contributed by atoms with Crippen LogP contribution in [0.15, 0.2) is 18.5 Å². The van der Waals surface area contributed by atoms with E-state index in [-0.39, 0.29) is 0 Å². The van der Waals surface area contributed by atoms with Crippen LogP contribution in [-0.4, -0.2) is 19.6 Å². The number of aryl methyl sites for hydroxylation is 2. The van der Waals surface area contributed by atoms with Gasteiger partial charge in [-0.15, -0.1) is 0 Å². The molecule has 0 aliphatic heterocycles. The van der Waals surface area contributed by atoms with Crippen LogP contribution in [0.3, 0.4) is 0 Å². The number of anilines is 1. The molecule has 0 aromatic carbocycles. The zero-order chi connectivity index (χ0) is 12.4. The summed E-state index contributed by atoms with van der Waals surface area (Å²) >= 11 is 0. The summed E-state index contributed by atoms with van der Waals surface area (Å²) in [6.45, 7) is 7.00. The molecule has 2 aromatic heterocycles. The van der Waals surface area contributed by atoms with Gasteiger partial charge in [-0.3, -0.25) is 9.36 Å². The zero-order valence-corrected chi connectivity index (χ0v) is 10.8. The van der Waals surface area contributed by atoms with Crippen molar-refractivity contribution >= 4 is 5.82 Å². The van der Waals surface area contributed by atoms with E-state index in [9.17, 15) is 0 Å². The summed E-state index contributed by atoms with van der Waals surface area (Å²) in [5, 5.41) is 11.9. The standard InChI is InChI=1S/C12H19N5/c1-9(2)17-8-11(7-14-17)6-13-12-5-10(3)15-16(12)4/h5,7-9,13H,6H2,1-4H3. The van der Waals surface area contributed by atoms with Crippen LogP contribution in [0.5, 0.6) is 0 Å². The molecule has 92 valence electrons. The van der Waals surface area contributed by atoms with Crippen LogP contribution in [-0.2, 0) is 13.6 Å². The molecule has 0 spiro atoms. The molecule has 0 bridgehead atoms. The third kappa shape index (κ3) is 2.67. The van der Waals surface area contributed by atoms with Crippen molar-refractivity contribution in [3.63, 3.8) is 0 Å². The second-order valence-corrected chi connectivity index (χ2v) is 4.57. The summed E-state index contributed by atoms with van der Waals surface area (Å²) < 4.78 is 3.81. The minimum Gasteiger partial charge on any atom is -0.366 e. The van der Waals surface area contributed by atoms with Gasteiger partial charge in [-0.1, -0.05) is 0 Å². The highest BCUT2D eigenvalue weighted by Crippen LogP contribution is 2.11. The highest BCUT2D eigenvalue weighted by molar-refractivity contribution is 5.37. The molecule has 5 heteroatoms. The van der Waals surface area contributed by atoms with Crippen molar-refractivity contribution in [1.82, 2.24) is 19.6 Å². The molecule has 2 heterocycles. The molecule has 0 radical (unpaired) electrons. The number of aromatic nitrogens is 4. The normalized spacial score (nSPS) is 11.1. The van der Waals surface area contributed by atoms with Crippen molar-refractivity contribution in [3.05, 3.63) is 29.7 Å². The van der Waals surface area contributed by atoms with Gasteiger partial charge in [-0.05, 0) is 20.8 Å². The monoisotopic (exact) mass is 233 g/mol. The number of nitrogens with zero attached hydrogens (tertiary/aromatic N) is 4. The fraction of sp³-hybridized carbons (Fsp3) is 0.500. The van der Waals surface area contributed by atoms with Gasteiger partial charge in [-0.2, -0.15) is 10.2 Å². The van der Waals surface area contributed by atoms with Gasteiger partial charge in [0, 0.05) is 37.5 Å². The molecule has 1 N–H and O–H groups in total. The van der Waals surface area contributed by atoms with Crippen LogP contribution >= 0.6 is 0 Å². The molecular weight excluding hydrogens is 214 g/mol. The Labute approximate surface area is 101 Å². The Hall–Kier alpha value is -1.78. The molecular formula is C12H19N5. The van der Waals surface area contributed by atoms with E-state index in [2.05, 4.69) is 35.6 Å². The van der Waals surface area contributed by atoms with Gasteiger partial charge in [0.05, 0.1) is 11.9 Å². The van der Waals surface area contributed by atoms with Crippen LogP contribution in [0, 0.1) is 6.92 Å². The van der Waals surface area contributed by atoms with Gasteiger partial charge in [0.15, 0.2) is 0 Å². The Morgan fingerprint density at radius 3 is 2.71 bits per heavy atom. The molecule has 0 amide bonds. The lowest BCUT2D eigenvalue weighted by Crippen LogP contribution is -2.04. The Morgan fingerprint density at radius 1 is 1.41 bits per heavy atom. The van der Waals surface area contributed by atoms with E-state index in [4.69, 9.17) is 0 Å². The Bertz CT molecular complexity index is 495. The molecule has 0 saturated carbocycles. The quantitative estimate of drug-likeness (QED) is 0.880. The maximum atomic E-state index is 4.31. The molecule has 0 saturated heterocycles. The SMILES string of the molecule is Cc1cc(NCc2cnn(C(C)C)c2)n(C)n1. The molecule has 0 atom stereocenters. The minimum absolute atomic E-state index is 0.405. The maximum Gasteiger partial charge on any atom is 0.124 e. The Balaban J connectivity index is 2.00. The summed E-state index contributed by atoms with van der Waals surface area (Å²) in [4.78, 5) is 0. The van der Waals surface area contributed by atoms with Crippen molar-refractivity contribution in [3.8, 4) is 0 Å². The average molecular weight is 233 g/mol. The third-order valence-corrected chi connectivity index (χ3v) is 2.66. The largest absolute Gasteiger partial charge is 0.366 e. The van der Waals surface area contributed by atoms with Crippen molar-refractivity contribution in [2.24, 2.45) is 7.05 Å². The number of rotatable bonds is 4. The van der Waals surface area contributed by atoms with E-state index in [0.29, 0.717) is 6.04 Å². The van der Waals surface area contributed by atoms with Crippen molar-refractivity contribution in [1.29, 1.82) is 0 Å². The van der Waals surface area contributed by atoms with Gasteiger partial charge in [0.25, 0.3) is 0 Å². The van der Waals surface area contributed by atoms with E-state index in [1.165, 1.54) is 5.56 Å². The van der Waals surface area contributed by atoms with Gasteiger partial charge in [-0.25, -0.2) is 0 Å². The maximum absolute atomic E-state index is 4.31. The summed E-state index contributed by atoms with van der Waals surface area (Å²) in [6.07, 6.45) is 3.97. The molecule has 0 unspecified atom stereocenters. The molecule has 17 heavy (non-hydrogen) atoms. The zero-order valence-electron chi connectivity index (χ0n) is 10.8. The predicted molar refractivity (Wildman–Crippen MR) is 67.9 cm³/mol. The average Bonchev–Trinajstić information content (AvgIpc) is 2.82. The van der Waals surface area contributed by atoms with Gasteiger partial charge < -0.3 is 5.32 Å². The van der Waals surface area contributed by atoms with E-state index in [0.717, 1.165) is 18.1 Å². The first-order valence-corrected chi connectivity index (χ1v) is 5.84. The fourth-order valence-corrected chi connectivity index (χ4v) is 1.72. The second-order valence-electron chi connectivity index (χ2n) is 4.57. The number of nitrogens with one attached hydrogen (secondary N) is 1. The lowest BCUT2D eigenvalue weighted by Gasteiger charge is -2.05. The van der Waals surface area contributed by atoms with Crippen LogP contribution in [0.2, 0.25) is 0 Å². The van der Waals surface area contributed by atoms with Crippen molar-refractivity contribution in [2.45, 2.75) is 33.4 Å². The smallest absolute Gasteiger partial charge is 0.124 e. The molecule has 2 rings (SSSR count). The van der Waals surface area contributed by atoms with Gasteiger partial charge in [0.1, 0.15) is 5.82 Å². The lowest BCUT2D eigenvalue weighted by molar-refractivity contribution is 0.532. The Kier molecular flexibility index (Phi) is 3.17. The molecule has 0 aliphatic rings. The predicted octanol–water partition coefficient (Wildman–Crippen LogP) is 2.12. The van der Waals surface area contributed by atoms with E-state index in [1.807, 2.05) is 35.6 Å². The molecule has 2 aromatic rings.